The van der Waals surface area contributed by atoms with E-state index in [1.807, 2.05) is 0 Å². The van der Waals surface area contributed by atoms with Gasteiger partial charge in [0.2, 0.25) is 16.9 Å². The number of benzene rings is 2. The number of hydrogen-bond acceptors (Lipinski definition) is 10. The minimum absolute atomic E-state index is 0.0407. The van der Waals surface area contributed by atoms with E-state index >= 15 is 0 Å². The van der Waals surface area contributed by atoms with Crippen LogP contribution < -0.4 is 10.2 Å². The summed E-state index contributed by atoms with van der Waals surface area (Å²) in [7, 11) is 0. The maximum atomic E-state index is 12.7. The van der Waals surface area contributed by atoms with E-state index < -0.39 is 51.3 Å². The summed E-state index contributed by atoms with van der Waals surface area (Å²) >= 11 is 0. The molecule has 2 aromatic heterocycles. The third-order valence-electron chi connectivity index (χ3n) is 4.42. The number of phenols is 4. The number of nitrogens with zero attached hydrogens (tertiary/aromatic N) is 1. The maximum Gasteiger partial charge on any atom is 0.343 e. The maximum absolute atomic E-state index is 12.7. The number of rotatable bonds is 3. The van der Waals surface area contributed by atoms with E-state index in [1.54, 1.807) is 0 Å². The Morgan fingerprint density at radius 2 is 1.58 bits per heavy atom. The Bertz CT molecular complexity index is 1390. The van der Waals surface area contributed by atoms with Crippen LogP contribution in [0.15, 0.2) is 58.0 Å². The molecule has 0 radical (unpaired) electrons. The van der Waals surface area contributed by atoms with Gasteiger partial charge in [-0.25, -0.2) is 4.79 Å². The Labute approximate surface area is 172 Å². The van der Waals surface area contributed by atoms with Crippen molar-refractivity contribution in [1.82, 2.24) is 4.98 Å². The molecule has 10 heteroatoms. The van der Waals surface area contributed by atoms with Crippen molar-refractivity contribution in [2.75, 3.05) is 0 Å². The lowest BCUT2D eigenvalue weighted by Crippen LogP contribution is -2.10. The van der Waals surface area contributed by atoms with Gasteiger partial charge in [0.15, 0.2) is 28.8 Å². The summed E-state index contributed by atoms with van der Waals surface area (Å²) < 4.78 is 10.5. The van der Waals surface area contributed by atoms with Crippen molar-refractivity contribution in [3.05, 3.63) is 64.6 Å². The predicted octanol–water partition coefficient (Wildman–Crippen LogP) is 2.60. The lowest BCUT2D eigenvalue weighted by Gasteiger charge is -2.12. The van der Waals surface area contributed by atoms with Gasteiger partial charge in [0, 0.05) is 24.0 Å². The summed E-state index contributed by atoms with van der Waals surface area (Å²) in [6.07, 6.45) is 2.68. The molecule has 0 amide bonds. The number of carbonyl (C=O) groups excluding carboxylic acids is 1. The molecule has 0 atom stereocenters. The van der Waals surface area contributed by atoms with E-state index in [0.717, 1.165) is 18.2 Å². The second-order valence-corrected chi connectivity index (χ2v) is 6.38. The van der Waals surface area contributed by atoms with Crippen molar-refractivity contribution < 1.29 is 39.5 Å². The first-order valence-electron chi connectivity index (χ1n) is 8.67. The van der Waals surface area contributed by atoms with E-state index in [0.29, 0.717) is 0 Å². The van der Waals surface area contributed by atoms with E-state index in [9.17, 15) is 35.1 Å². The fourth-order valence-electron chi connectivity index (χ4n) is 2.89. The molecule has 156 valence electrons. The fraction of sp³-hybridized carbons (Fsp3) is 0. The van der Waals surface area contributed by atoms with Gasteiger partial charge >= 0.3 is 5.97 Å². The van der Waals surface area contributed by atoms with Crippen molar-refractivity contribution in [3.63, 3.8) is 0 Å². The Balaban J connectivity index is 1.86. The number of hydrogen-bond donors (Lipinski definition) is 5. The molecule has 4 rings (SSSR count). The minimum Gasteiger partial charge on any atom is -0.504 e. The van der Waals surface area contributed by atoms with Crippen LogP contribution in [0.1, 0.15) is 10.4 Å². The molecule has 2 heterocycles. The first-order chi connectivity index (χ1) is 14.8. The molecule has 31 heavy (non-hydrogen) atoms. The van der Waals surface area contributed by atoms with Gasteiger partial charge in [0.25, 0.3) is 0 Å². The summed E-state index contributed by atoms with van der Waals surface area (Å²) in [6, 6.07) is 7.04. The number of ether oxygens (including phenoxy) is 1. The molecule has 0 unspecified atom stereocenters. The highest BCUT2D eigenvalue weighted by Gasteiger charge is 2.25. The van der Waals surface area contributed by atoms with Crippen molar-refractivity contribution in [1.29, 1.82) is 0 Å². The highest BCUT2D eigenvalue weighted by Crippen LogP contribution is 2.44. The molecule has 0 aliphatic carbocycles. The van der Waals surface area contributed by atoms with Crippen LogP contribution in [0.5, 0.6) is 34.5 Å². The Hall–Kier alpha value is -4.73. The highest BCUT2D eigenvalue weighted by molar-refractivity contribution is 5.95. The summed E-state index contributed by atoms with van der Waals surface area (Å²) in [5.41, 5.74) is -1.29. The normalized spacial score (nSPS) is 10.8. The average Bonchev–Trinajstić information content (AvgIpc) is 2.76. The van der Waals surface area contributed by atoms with Crippen LogP contribution in [0.2, 0.25) is 0 Å². The Morgan fingerprint density at radius 3 is 2.26 bits per heavy atom. The van der Waals surface area contributed by atoms with E-state index in [2.05, 4.69) is 4.98 Å². The molecule has 10 nitrogen and oxygen atoms in total. The smallest absolute Gasteiger partial charge is 0.343 e. The number of aromatic nitrogens is 1. The molecule has 0 saturated carbocycles. The van der Waals surface area contributed by atoms with Gasteiger partial charge < -0.3 is 34.7 Å². The standard InChI is InChI=1S/C21H13NO9/c23-11-2-1-10(7-12(11)24)19-18(28)16(26)15-14(30-19)8-13(25)20(17(15)27)31-21(29)9-3-5-22-6-4-9/h1-8,23-25,27-28H. The SMILES string of the molecule is O=C(Oc1c(O)cc2oc(-c3ccc(O)c(O)c3)c(O)c(=O)c2c1O)c1ccncc1. The van der Waals surface area contributed by atoms with Crippen molar-refractivity contribution in [2.24, 2.45) is 0 Å². The number of aromatic hydroxyl groups is 5. The van der Waals surface area contributed by atoms with Crippen molar-refractivity contribution in [2.45, 2.75) is 0 Å². The van der Waals surface area contributed by atoms with Gasteiger partial charge in [-0.15, -0.1) is 0 Å². The van der Waals surface area contributed by atoms with E-state index in [1.165, 1.54) is 30.6 Å². The quantitative estimate of drug-likeness (QED) is 0.187. The predicted molar refractivity (Wildman–Crippen MR) is 105 cm³/mol. The second-order valence-electron chi connectivity index (χ2n) is 6.38. The van der Waals surface area contributed by atoms with Gasteiger partial charge in [-0.3, -0.25) is 9.78 Å². The Morgan fingerprint density at radius 1 is 0.871 bits per heavy atom. The molecular weight excluding hydrogens is 410 g/mol. The number of fused-ring (bicyclic) bond motifs is 1. The first-order valence-corrected chi connectivity index (χ1v) is 8.67. The summed E-state index contributed by atoms with van der Waals surface area (Å²) in [5.74, 6) is -5.50. The molecule has 2 aromatic carbocycles. The van der Waals surface area contributed by atoms with Gasteiger partial charge in [0.05, 0.1) is 5.56 Å². The molecule has 0 spiro atoms. The van der Waals surface area contributed by atoms with Crippen LogP contribution in [-0.2, 0) is 0 Å². The highest BCUT2D eigenvalue weighted by atomic mass is 16.5. The van der Waals surface area contributed by atoms with Crippen LogP contribution in [0, 0.1) is 0 Å². The first kappa shape index (κ1) is 19.6. The zero-order valence-electron chi connectivity index (χ0n) is 15.4. The monoisotopic (exact) mass is 423 g/mol. The van der Waals surface area contributed by atoms with Crippen molar-refractivity contribution >= 4 is 16.9 Å². The zero-order valence-corrected chi connectivity index (χ0v) is 15.4. The largest absolute Gasteiger partial charge is 0.504 e. The van der Waals surface area contributed by atoms with Gasteiger partial charge in [-0.2, -0.15) is 0 Å². The number of carbonyl (C=O) groups is 1. The van der Waals surface area contributed by atoms with Gasteiger partial charge in [-0.05, 0) is 30.3 Å². The third-order valence-corrected chi connectivity index (χ3v) is 4.42. The summed E-state index contributed by atoms with van der Waals surface area (Å²) in [5, 5.41) is 49.6. The molecular formula is C21H13NO9. The molecule has 5 N–H and O–H groups in total. The number of esters is 1. The fourth-order valence-corrected chi connectivity index (χ4v) is 2.89. The van der Waals surface area contributed by atoms with Crippen LogP contribution >= 0.6 is 0 Å². The van der Waals surface area contributed by atoms with Crippen LogP contribution in [0.25, 0.3) is 22.3 Å². The molecule has 0 saturated heterocycles. The minimum atomic E-state index is -1.08. The number of pyridine rings is 1. The van der Waals surface area contributed by atoms with Gasteiger partial charge in [0.1, 0.15) is 11.0 Å². The molecule has 0 aliphatic heterocycles. The topological polar surface area (TPSA) is 171 Å². The summed E-state index contributed by atoms with van der Waals surface area (Å²) in [6.45, 7) is 0. The van der Waals surface area contributed by atoms with Crippen LogP contribution in [-0.4, -0.2) is 36.5 Å². The molecule has 0 fully saturated rings. The second kappa shape index (κ2) is 7.26. The average molecular weight is 423 g/mol. The zero-order chi connectivity index (χ0) is 22.3. The van der Waals surface area contributed by atoms with Crippen molar-refractivity contribution in [3.8, 4) is 45.8 Å². The van der Waals surface area contributed by atoms with Gasteiger partial charge in [-0.1, -0.05) is 0 Å². The molecule has 4 aromatic rings. The van der Waals surface area contributed by atoms with E-state index in [-0.39, 0.29) is 22.5 Å². The van der Waals surface area contributed by atoms with E-state index in [4.69, 9.17) is 9.15 Å². The Kier molecular flexibility index (Phi) is 4.59. The molecule has 0 bridgehead atoms. The number of phenolic OH excluding ortho intramolecular Hbond substituents is 4. The lowest BCUT2D eigenvalue weighted by atomic mass is 10.1. The van der Waals surface area contributed by atoms with Crippen LogP contribution in [0.4, 0.5) is 0 Å². The lowest BCUT2D eigenvalue weighted by molar-refractivity contribution is 0.0724. The molecule has 0 aliphatic rings. The van der Waals surface area contributed by atoms with Crippen LogP contribution in [0.3, 0.4) is 0 Å². The third kappa shape index (κ3) is 3.31. The summed E-state index contributed by atoms with van der Waals surface area (Å²) in [4.78, 5) is 28.7.